The van der Waals surface area contributed by atoms with Crippen LogP contribution in [0.4, 0.5) is 11.4 Å². The predicted molar refractivity (Wildman–Crippen MR) is 179 cm³/mol. The molecule has 0 radical (unpaired) electrons. The Morgan fingerprint density at radius 2 is 1.64 bits per heavy atom. The molecule has 1 heterocycles. The second-order valence-corrected chi connectivity index (χ2v) is 14.3. The monoisotopic (exact) mass is 604 g/mol. The lowest BCUT2D eigenvalue weighted by Crippen LogP contribution is -2.41. The number of rotatable bonds is 11. The second kappa shape index (κ2) is 13.3. The molecule has 0 unspecified atom stereocenters. The number of aliphatic hydroxyl groups excluding tert-OH is 1. The molecule has 0 saturated heterocycles. The van der Waals surface area contributed by atoms with E-state index in [1.54, 1.807) is 11.1 Å². The fourth-order valence-corrected chi connectivity index (χ4v) is 6.90. The number of hydrogen-bond acceptors (Lipinski definition) is 6. The average molecular weight is 605 g/mol. The van der Waals surface area contributed by atoms with Gasteiger partial charge < -0.3 is 15.3 Å². The molecule has 8 heteroatoms. The number of carbonyl (C=O) groups is 3. The second-order valence-electron chi connectivity index (χ2n) is 14.3. The molecule has 1 fully saturated rings. The lowest BCUT2D eigenvalue weighted by Gasteiger charge is -2.31. The number of Topliss-reactive ketones (excluding diaryl/α,β-unsaturated/α-hetero) is 1. The number of ketones is 1. The van der Waals surface area contributed by atoms with Crippen LogP contribution >= 0.6 is 0 Å². The molecule has 1 aromatic rings. The van der Waals surface area contributed by atoms with Crippen LogP contribution in [-0.2, 0) is 14.4 Å². The third-order valence-corrected chi connectivity index (χ3v) is 9.36. The number of hydrogen-bond donors (Lipinski definition) is 2. The van der Waals surface area contributed by atoms with Gasteiger partial charge in [-0.05, 0) is 62.6 Å². The highest BCUT2D eigenvalue weighted by molar-refractivity contribution is 6.44. The van der Waals surface area contributed by atoms with Crippen molar-refractivity contribution in [1.29, 1.82) is 0 Å². The zero-order valence-electron chi connectivity index (χ0n) is 28.2. The van der Waals surface area contributed by atoms with Crippen LogP contribution in [0.25, 0.3) is 5.57 Å². The Balaban J connectivity index is 1.81. The first-order valence-corrected chi connectivity index (χ1v) is 16.6. The van der Waals surface area contributed by atoms with Crippen molar-refractivity contribution in [2.75, 3.05) is 23.3 Å². The van der Waals surface area contributed by atoms with Gasteiger partial charge in [-0.25, -0.2) is 5.01 Å². The maximum atomic E-state index is 14.0. The molecule has 240 valence electrons. The van der Waals surface area contributed by atoms with Crippen molar-refractivity contribution in [2.24, 2.45) is 28.3 Å². The lowest BCUT2D eigenvalue weighted by molar-refractivity contribution is -0.130. The summed E-state index contributed by atoms with van der Waals surface area (Å²) in [4.78, 5) is 43.3. The highest BCUT2D eigenvalue weighted by Gasteiger charge is 2.46. The first-order chi connectivity index (χ1) is 20.7. The Morgan fingerprint density at radius 1 is 1.02 bits per heavy atom. The number of nitrogens with one attached hydrogen (secondary N) is 1. The van der Waals surface area contributed by atoms with Gasteiger partial charge in [-0.3, -0.25) is 14.4 Å². The summed E-state index contributed by atoms with van der Waals surface area (Å²) in [5.41, 5.74) is 2.15. The number of aliphatic hydroxyl groups is 1. The molecule has 8 nitrogen and oxygen atoms in total. The van der Waals surface area contributed by atoms with Crippen molar-refractivity contribution in [3.05, 3.63) is 40.7 Å². The number of anilines is 2. The van der Waals surface area contributed by atoms with Crippen LogP contribution in [0.15, 0.2) is 40.2 Å². The fraction of sp³-hybridized carbons (Fsp3) is 0.611. The van der Waals surface area contributed by atoms with Crippen molar-refractivity contribution < 1.29 is 19.5 Å². The van der Waals surface area contributed by atoms with Crippen molar-refractivity contribution in [1.82, 2.24) is 5.01 Å². The van der Waals surface area contributed by atoms with Crippen LogP contribution in [0.1, 0.15) is 106 Å². The highest BCUT2D eigenvalue weighted by Crippen LogP contribution is 2.44. The van der Waals surface area contributed by atoms with E-state index >= 15 is 0 Å². The minimum Gasteiger partial charge on any atom is -0.506 e. The number of nitrogens with zero attached hydrogens (tertiary/aromatic N) is 3. The Morgan fingerprint density at radius 3 is 2.16 bits per heavy atom. The quantitative estimate of drug-likeness (QED) is 0.255. The summed E-state index contributed by atoms with van der Waals surface area (Å²) in [6.07, 6.45) is 6.31. The SMILES string of the molecule is CCN(CC)c1ccc(C2=C(O)/C(=C3\C(=O)N(C(C(C)C)C(C)C)N=C3CCC3CCCC3)C2=O)c(NC(=O)C(C)(C)C)c1. The van der Waals surface area contributed by atoms with E-state index in [2.05, 4.69) is 51.8 Å². The molecule has 0 aromatic heterocycles. The van der Waals surface area contributed by atoms with Gasteiger partial charge in [0.2, 0.25) is 11.7 Å². The summed E-state index contributed by atoms with van der Waals surface area (Å²) < 4.78 is 0. The first kappa shape index (κ1) is 33.5. The molecule has 1 aromatic carbocycles. The molecule has 1 saturated carbocycles. The molecular formula is C36H52N4O4. The molecule has 4 rings (SSSR count). The summed E-state index contributed by atoms with van der Waals surface area (Å²) in [6, 6.07) is 5.41. The van der Waals surface area contributed by atoms with Crippen molar-refractivity contribution in [2.45, 2.75) is 107 Å². The normalized spacial score (nSPS) is 19.5. The number of carbonyl (C=O) groups excluding carboxylic acids is 3. The minimum absolute atomic E-state index is 0.0462. The summed E-state index contributed by atoms with van der Waals surface area (Å²) in [5, 5.41) is 21.0. The van der Waals surface area contributed by atoms with E-state index in [9.17, 15) is 19.5 Å². The van der Waals surface area contributed by atoms with Crippen LogP contribution in [0.3, 0.4) is 0 Å². The summed E-state index contributed by atoms with van der Waals surface area (Å²) in [5.74, 6) is -0.191. The van der Waals surface area contributed by atoms with Gasteiger partial charge in [-0.2, -0.15) is 5.10 Å². The molecule has 2 N–H and O–H groups in total. The lowest BCUT2D eigenvalue weighted by atomic mass is 9.78. The van der Waals surface area contributed by atoms with Gasteiger partial charge >= 0.3 is 0 Å². The Hall–Kier alpha value is -3.42. The number of benzene rings is 1. The minimum atomic E-state index is -0.663. The van der Waals surface area contributed by atoms with Crippen molar-refractivity contribution in [3.8, 4) is 0 Å². The zero-order valence-corrected chi connectivity index (χ0v) is 28.2. The largest absolute Gasteiger partial charge is 0.506 e. The number of allylic oxidation sites excluding steroid dienone is 2. The molecule has 0 spiro atoms. The molecule has 2 amide bonds. The highest BCUT2D eigenvalue weighted by atomic mass is 16.3. The van der Waals surface area contributed by atoms with Crippen LogP contribution in [0.5, 0.6) is 0 Å². The Bertz CT molecular complexity index is 1380. The molecule has 1 aliphatic heterocycles. The molecule has 0 atom stereocenters. The topological polar surface area (TPSA) is 102 Å². The van der Waals surface area contributed by atoms with Crippen LogP contribution in [0, 0.1) is 23.2 Å². The van der Waals surface area contributed by atoms with Crippen LogP contribution in [-0.4, -0.2) is 52.6 Å². The van der Waals surface area contributed by atoms with E-state index in [1.807, 2.05) is 32.9 Å². The maximum absolute atomic E-state index is 14.0. The van der Waals surface area contributed by atoms with E-state index in [1.165, 1.54) is 25.7 Å². The van der Waals surface area contributed by atoms with Gasteiger partial charge in [0.25, 0.3) is 5.91 Å². The molecular weight excluding hydrogens is 552 g/mol. The van der Waals surface area contributed by atoms with Gasteiger partial charge in [0.15, 0.2) is 0 Å². The number of hydrazone groups is 1. The summed E-state index contributed by atoms with van der Waals surface area (Å²) in [7, 11) is 0. The van der Waals surface area contributed by atoms with E-state index in [-0.39, 0.29) is 52.2 Å². The van der Waals surface area contributed by atoms with E-state index in [0.29, 0.717) is 29.3 Å². The van der Waals surface area contributed by atoms with Crippen LogP contribution < -0.4 is 10.2 Å². The smallest absolute Gasteiger partial charge is 0.277 e. The van der Waals surface area contributed by atoms with Gasteiger partial charge in [0, 0.05) is 29.8 Å². The van der Waals surface area contributed by atoms with Crippen molar-refractivity contribution >= 4 is 40.3 Å². The number of amides is 2. The molecule has 44 heavy (non-hydrogen) atoms. The molecule has 0 bridgehead atoms. The molecule has 3 aliphatic rings. The van der Waals surface area contributed by atoms with Gasteiger partial charge in [0.05, 0.1) is 34.2 Å². The zero-order chi connectivity index (χ0) is 32.5. The Kier molecular flexibility index (Phi) is 10.1. The molecule has 2 aliphatic carbocycles. The third kappa shape index (κ3) is 6.50. The van der Waals surface area contributed by atoms with Gasteiger partial charge in [-0.1, -0.05) is 74.1 Å². The Labute approximate surface area is 263 Å². The van der Waals surface area contributed by atoms with E-state index in [0.717, 1.165) is 25.2 Å². The van der Waals surface area contributed by atoms with Gasteiger partial charge in [0.1, 0.15) is 5.76 Å². The standard InChI is InChI=1S/C36H52N4O4/c1-10-39(11-2)24-17-18-25(27(20-24)37-35(44)36(7,8)9)28-32(41)30(33(28)42)29-26(19-16-23-14-12-13-15-23)38-40(34(29)43)31(21(3)4)22(5)6/h17-18,20-23,31,41H,10-16,19H2,1-9H3,(H,37,44)/b30-29+. The predicted octanol–water partition coefficient (Wildman–Crippen LogP) is 7.52. The van der Waals surface area contributed by atoms with Gasteiger partial charge in [-0.15, -0.1) is 0 Å². The summed E-state index contributed by atoms with van der Waals surface area (Å²) >= 11 is 0. The maximum Gasteiger partial charge on any atom is 0.277 e. The van der Waals surface area contributed by atoms with Crippen LogP contribution in [0.2, 0.25) is 0 Å². The third-order valence-electron chi connectivity index (χ3n) is 9.36. The average Bonchev–Trinajstić information content (AvgIpc) is 3.57. The van der Waals surface area contributed by atoms with E-state index in [4.69, 9.17) is 5.10 Å². The van der Waals surface area contributed by atoms with E-state index < -0.39 is 11.2 Å². The fourth-order valence-electron chi connectivity index (χ4n) is 6.90. The first-order valence-electron chi connectivity index (χ1n) is 16.6. The summed E-state index contributed by atoms with van der Waals surface area (Å²) in [6.45, 7) is 19.5. The van der Waals surface area contributed by atoms with Crippen molar-refractivity contribution in [3.63, 3.8) is 0 Å².